The summed E-state index contributed by atoms with van der Waals surface area (Å²) < 4.78 is 5.78. The molecule has 1 heterocycles. The molecule has 0 aliphatic carbocycles. The van der Waals surface area contributed by atoms with E-state index in [0.29, 0.717) is 24.1 Å². The molecule has 0 radical (unpaired) electrons. The van der Waals surface area contributed by atoms with Gasteiger partial charge in [0.2, 0.25) is 5.88 Å². The van der Waals surface area contributed by atoms with E-state index < -0.39 is 0 Å². The smallest absolute Gasteiger partial charge is 0.236 e. The summed E-state index contributed by atoms with van der Waals surface area (Å²) in [7, 11) is 0. The summed E-state index contributed by atoms with van der Waals surface area (Å²) in [6.45, 7) is 4.36. The van der Waals surface area contributed by atoms with Gasteiger partial charge in [0.25, 0.3) is 0 Å². The van der Waals surface area contributed by atoms with Crippen molar-refractivity contribution in [2.75, 3.05) is 5.73 Å². The van der Waals surface area contributed by atoms with Crippen LogP contribution < -0.4 is 10.5 Å². The summed E-state index contributed by atoms with van der Waals surface area (Å²) in [4.78, 5) is 8.63. The van der Waals surface area contributed by atoms with Crippen LogP contribution in [0.1, 0.15) is 30.8 Å². The minimum absolute atomic E-state index is 0.248. The van der Waals surface area contributed by atoms with Crippen molar-refractivity contribution in [1.29, 1.82) is 0 Å². The number of nitrogens with zero attached hydrogens (tertiary/aromatic N) is 2. The van der Waals surface area contributed by atoms with Crippen LogP contribution in [0.25, 0.3) is 0 Å². The number of ether oxygens (including phenoxy) is 1. The number of aliphatic hydroxyl groups excluding tert-OH is 1. The van der Waals surface area contributed by atoms with Gasteiger partial charge in [0, 0.05) is 0 Å². The summed E-state index contributed by atoms with van der Waals surface area (Å²) in [5, 5.41) is 9.26. The van der Waals surface area contributed by atoms with Gasteiger partial charge < -0.3 is 15.6 Å². The van der Waals surface area contributed by atoms with Gasteiger partial charge in [0.05, 0.1) is 6.61 Å². The van der Waals surface area contributed by atoms with E-state index in [1.807, 2.05) is 30.3 Å². The van der Waals surface area contributed by atoms with Crippen LogP contribution in [0.4, 0.5) is 5.82 Å². The van der Waals surface area contributed by atoms with Crippen molar-refractivity contribution < 1.29 is 9.84 Å². The van der Waals surface area contributed by atoms with Gasteiger partial charge in [-0.3, -0.25) is 0 Å². The van der Waals surface area contributed by atoms with Gasteiger partial charge in [-0.2, -0.15) is 0 Å². The number of hydrogen-bond donors (Lipinski definition) is 2. The molecule has 0 atom stereocenters. The van der Waals surface area contributed by atoms with E-state index in [2.05, 4.69) is 23.8 Å². The largest absolute Gasteiger partial charge is 0.471 e. The topological polar surface area (TPSA) is 81.3 Å². The molecule has 2 rings (SSSR count). The average Bonchev–Trinajstić information content (AvgIpc) is 2.47. The highest BCUT2D eigenvalue weighted by atomic mass is 16.5. The molecule has 0 amide bonds. The minimum Gasteiger partial charge on any atom is -0.471 e. The Morgan fingerprint density at radius 1 is 1.14 bits per heavy atom. The van der Waals surface area contributed by atoms with Crippen LogP contribution in [-0.2, 0) is 19.6 Å². The zero-order valence-electron chi connectivity index (χ0n) is 12.4. The fourth-order valence-electron chi connectivity index (χ4n) is 1.98. The van der Waals surface area contributed by atoms with E-state index in [1.54, 1.807) is 0 Å². The first kappa shape index (κ1) is 15.3. The molecular formula is C16H21N3O2. The molecule has 1 aromatic heterocycles. The molecular weight excluding hydrogens is 266 g/mol. The predicted octanol–water partition coefficient (Wildman–Crippen LogP) is 2.33. The number of hydrogen-bond acceptors (Lipinski definition) is 5. The fraction of sp³-hybridized carbons (Fsp3) is 0.375. The zero-order chi connectivity index (χ0) is 15.2. The third kappa shape index (κ3) is 4.16. The second kappa shape index (κ2) is 7.04. The number of benzene rings is 1. The Morgan fingerprint density at radius 3 is 2.48 bits per heavy atom. The Balaban J connectivity index is 2.22. The van der Waals surface area contributed by atoms with E-state index in [1.165, 1.54) is 0 Å². The van der Waals surface area contributed by atoms with Gasteiger partial charge in [-0.25, -0.2) is 9.97 Å². The fourth-order valence-corrected chi connectivity index (χ4v) is 1.98. The van der Waals surface area contributed by atoms with Crippen LogP contribution in [0, 0.1) is 5.92 Å². The lowest BCUT2D eigenvalue weighted by Gasteiger charge is -2.13. The number of rotatable bonds is 6. The van der Waals surface area contributed by atoms with Crippen LogP contribution in [0.15, 0.2) is 30.3 Å². The number of aromatic nitrogens is 2. The first-order chi connectivity index (χ1) is 10.1. The quantitative estimate of drug-likeness (QED) is 0.852. The molecule has 112 valence electrons. The SMILES string of the molecule is CC(C)Cc1nc(N)c(CO)nc1OCc1ccccc1. The van der Waals surface area contributed by atoms with E-state index in [9.17, 15) is 5.11 Å². The van der Waals surface area contributed by atoms with Gasteiger partial charge >= 0.3 is 0 Å². The molecule has 0 unspecified atom stereocenters. The standard InChI is InChI=1S/C16H21N3O2/c1-11(2)8-13-16(19-14(9-20)15(17)18-13)21-10-12-6-4-3-5-7-12/h3-7,11,20H,8-10H2,1-2H3,(H2,17,18). The number of nitrogen functional groups attached to an aromatic ring is 1. The van der Waals surface area contributed by atoms with Crippen molar-refractivity contribution in [1.82, 2.24) is 9.97 Å². The van der Waals surface area contributed by atoms with E-state index >= 15 is 0 Å². The maximum absolute atomic E-state index is 9.26. The lowest BCUT2D eigenvalue weighted by atomic mass is 10.1. The van der Waals surface area contributed by atoms with Crippen LogP contribution in [0.2, 0.25) is 0 Å². The highest BCUT2D eigenvalue weighted by molar-refractivity contribution is 5.38. The van der Waals surface area contributed by atoms with Crippen molar-refractivity contribution in [2.24, 2.45) is 5.92 Å². The highest BCUT2D eigenvalue weighted by Gasteiger charge is 2.14. The minimum atomic E-state index is -0.248. The molecule has 0 aliphatic rings. The third-order valence-corrected chi connectivity index (χ3v) is 3.00. The molecule has 2 aromatic rings. The lowest BCUT2D eigenvalue weighted by molar-refractivity contribution is 0.263. The Kier molecular flexibility index (Phi) is 5.11. The molecule has 21 heavy (non-hydrogen) atoms. The lowest BCUT2D eigenvalue weighted by Crippen LogP contribution is -2.11. The molecule has 0 saturated carbocycles. The van der Waals surface area contributed by atoms with Gasteiger partial charge in [-0.1, -0.05) is 44.2 Å². The predicted molar refractivity (Wildman–Crippen MR) is 81.7 cm³/mol. The summed E-state index contributed by atoms with van der Waals surface area (Å²) in [5.41, 5.74) is 7.93. The van der Waals surface area contributed by atoms with Gasteiger partial charge in [0.1, 0.15) is 23.8 Å². The number of aliphatic hydroxyl groups is 1. The van der Waals surface area contributed by atoms with Crippen molar-refractivity contribution in [3.8, 4) is 5.88 Å². The van der Waals surface area contributed by atoms with Crippen molar-refractivity contribution in [3.05, 3.63) is 47.3 Å². The van der Waals surface area contributed by atoms with Gasteiger partial charge in [-0.05, 0) is 17.9 Å². The molecule has 0 fully saturated rings. The first-order valence-corrected chi connectivity index (χ1v) is 7.03. The average molecular weight is 287 g/mol. The second-order valence-electron chi connectivity index (χ2n) is 5.34. The summed E-state index contributed by atoms with van der Waals surface area (Å²) in [6, 6.07) is 9.85. The van der Waals surface area contributed by atoms with Crippen LogP contribution in [0.5, 0.6) is 5.88 Å². The Bertz CT molecular complexity index is 586. The van der Waals surface area contributed by atoms with E-state index in [4.69, 9.17) is 10.5 Å². The maximum atomic E-state index is 9.26. The first-order valence-electron chi connectivity index (χ1n) is 7.03. The summed E-state index contributed by atoms with van der Waals surface area (Å²) in [5.74, 6) is 1.13. The van der Waals surface area contributed by atoms with Gasteiger partial charge in [0.15, 0.2) is 0 Å². The van der Waals surface area contributed by atoms with Crippen LogP contribution in [-0.4, -0.2) is 15.1 Å². The van der Waals surface area contributed by atoms with E-state index in [-0.39, 0.29) is 12.4 Å². The van der Waals surface area contributed by atoms with Crippen molar-refractivity contribution in [2.45, 2.75) is 33.5 Å². The molecule has 5 nitrogen and oxygen atoms in total. The van der Waals surface area contributed by atoms with Gasteiger partial charge in [-0.15, -0.1) is 0 Å². The molecule has 3 N–H and O–H groups in total. The maximum Gasteiger partial charge on any atom is 0.236 e. The Hall–Kier alpha value is -2.14. The highest BCUT2D eigenvalue weighted by Crippen LogP contribution is 2.22. The molecule has 5 heteroatoms. The normalized spacial score (nSPS) is 10.9. The molecule has 0 saturated heterocycles. The molecule has 1 aromatic carbocycles. The molecule has 0 bridgehead atoms. The number of anilines is 1. The monoisotopic (exact) mass is 287 g/mol. The Morgan fingerprint density at radius 2 is 1.86 bits per heavy atom. The Labute approximate surface area is 124 Å². The zero-order valence-corrected chi connectivity index (χ0v) is 12.4. The van der Waals surface area contributed by atoms with Crippen molar-refractivity contribution in [3.63, 3.8) is 0 Å². The number of nitrogens with two attached hydrogens (primary N) is 1. The summed E-state index contributed by atoms with van der Waals surface area (Å²) in [6.07, 6.45) is 0.729. The van der Waals surface area contributed by atoms with Crippen LogP contribution >= 0.6 is 0 Å². The van der Waals surface area contributed by atoms with Crippen molar-refractivity contribution >= 4 is 5.82 Å². The van der Waals surface area contributed by atoms with E-state index in [0.717, 1.165) is 17.7 Å². The van der Waals surface area contributed by atoms with Crippen LogP contribution in [0.3, 0.4) is 0 Å². The molecule has 0 spiro atoms. The third-order valence-electron chi connectivity index (χ3n) is 3.00. The second-order valence-corrected chi connectivity index (χ2v) is 5.34. The summed E-state index contributed by atoms with van der Waals surface area (Å²) >= 11 is 0. The molecule has 0 aliphatic heterocycles.